The smallest absolute Gasteiger partial charge is 0.208 e. The van der Waals surface area contributed by atoms with Gasteiger partial charge in [0.15, 0.2) is 5.82 Å². The summed E-state index contributed by atoms with van der Waals surface area (Å²) in [6.07, 6.45) is 0. The van der Waals surface area contributed by atoms with Gasteiger partial charge in [0, 0.05) is 17.4 Å². The Hall–Kier alpha value is -1.51. The molecule has 1 aromatic heterocycles. The van der Waals surface area contributed by atoms with Gasteiger partial charge >= 0.3 is 0 Å². The van der Waals surface area contributed by atoms with Crippen LogP contribution in [0.25, 0.3) is 11.4 Å². The zero-order chi connectivity index (χ0) is 14.4. The van der Waals surface area contributed by atoms with E-state index < -0.39 is 11.6 Å². The van der Waals surface area contributed by atoms with E-state index in [1.54, 1.807) is 0 Å². The predicted molar refractivity (Wildman–Crippen MR) is 70.4 cm³/mol. The van der Waals surface area contributed by atoms with Crippen LogP contribution in [0, 0.1) is 11.6 Å². The molecule has 0 unspecified atom stereocenters. The fourth-order valence-electron chi connectivity index (χ4n) is 1.49. The van der Waals surface area contributed by atoms with Crippen LogP contribution in [0.15, 0.2) is 23.4 Å². The number of aliphatic hydroxyl groups is 1. The molecule has 0 saturated carbocycles. The highest BCUT2D eigenvalue weighted by Crippen LogP contribution is 2.20. The monoisotopic (exact) mass is 301 g/mol. The molecule has 5 nitrogen and oxygen atoms in total. The van der Waals surface area contributed by atoms with Crippen LogP contribution in [0.1, 0.15) is 0 Å². The number of nitrogens with zero attached hydrogens (tertiary/aromatic N) is 2. The predicted octanol–water partition coefficient (Wildman–Crippen LogP) is 1.85. The SMILES string of the molecule is OCCOCCSc1n[nH]c(-c2cc(F)cc(F)c2)n1. The van der Waals surface area contributed by atoms with Crippen molar-refractivity contribution in [3.8, 4) is 11.4 Å². The fraction of sp³-hybridized carbons (Fsp3) is 0.333. The first-order valence-corrected chi connectivity index (χ1v) is 6.88. The molecule has 0 bridgehead atoms. The van der Waals surface area contributed by atoms with Crippen molar-refractivity contribution in [3.05, 3.63) is 29.8 Å². The standard InChI is InChI=1S/C12H13F2N3O2S/c13-9-5-8(6-10(14)7-9)11-15-12(17-16-11)20-4-3-19-2-1-18/h5-7,18H,1-4H2,(H,15,16,17). The summed E-state index contributed by atoms with van der Waals surface area (Å²) in [4.78, 5) is 4.14. The lowest BCUT2D eigenvalue weighted by atomic mass is 10.2. The summed E-state index contributed by atoms with van der Waals surface area (Å²) >= 11 is 1.35. The van der Waals surface area contributed by atoms with Crippen molar-refractivity contribution in [2.24, 2.45) is 0 Å². The molecule has 2 aromatic rings. The second-order valence-corrected chi connectivity index (χ2v) is 4.87. The Morgan fingerprint density at radius 2 is 1.95 bits per heavy atom. The fourth-order valence-corrected chi connectivity index (χ4v) is 2.14. The summed E-state index contributed by atoms with van der Waals surface area (Å²) in [5.74, 6) is -0.400. The quantitative estimate of drug-likeness (QED) is 0.603. The summed E-state index contributed by atoms with van der Waals surface area (Å²) in [5, 5.41) is 15.6. The molecule has 2 rings (SSSR count). The Morgan fingerprint density at radius 3 is 2.65 bits per heavy atom. The Morgan fingerprint density at radius 1 is 1.20 bits per heavy atom. The molecule has 0 fully saturated rings. The molecule has 0 aliphatic carbocycles. The van der Waals surface area contributed by atoms with E-state index in [9.17, 15) is 8.78 Å². The molecular weight excluding hydrogens is 288 g/mol. The number of benzene rings is 1. The van der Waals surface area contributed by atoms with E-state index in [0.29, 0.717) is 35.5 Å². The van der Waals surface area contributed by atoms with E-state index in [4.69, 9.17) is 9.84 Å². The normalized spacial score (nSPS) is 10.9. The molecule has 0 radical (unpaired) electrons. The number of aromatic nitrogens is 3. The van der Waals surface area contributed by atoms with E-state index in [2.05, 4.69) is 15.2 Å². The Labute approximate surface area is 118 Å². The molecule has 1 aromatic carbocycles. The van der Waals surface area contributed by atoms with Gasteiger partial charge in [-0.1, -0.05) is 11.8 Å². The number of hydrogen-bond acceptors (Lipinski definition) is 5. The number of thioether (sulfide) groups is 1. The van der Waals surface area contributed by atoms with Gasteiger partial charge < -0.3 is 9.84 Å². The number of halogens is 2. The van der Waals surface area contributed by atoms with Crippen LogP contribution >= 0.6 is 11.8 Å². The lowest BCUT2D eigenvalue weighted by Gasteiger charge is -1.99. The summed E-state index contributed by atoms with van der Waals surface area (Å²) < 4.78 is 31.3. The molecule has 20 heavy (non-hydrogen) atoms. The zero-order valence-electron chi connectivity index (χ0n) is 10.5. The van der Waals surface area contributed by atoms with Gasteiger partial charge in [0.05, 0.1) is 19.8 Å². The summed E-state index contributed by atoms with van der Waals surface area (Å²) in [6.45, 7) is 0.743. The third-order valence-electron chi connectivity index (χ3n) is 2.30. The van der Waals surface area contributed by atoms with Crippen LogP contribution in [0.3, 0.4) is 0 Å². The van der Waals surface area contributed by atoms with Crippen molar-refractivity contribution in [1.82, 2.24) is 15.2 Å². The van der Waals surface area contributed by atoms with Gasteiger partial charge in [0.2, 0.25) is 5.16 Å². The number of nitrogens with one attached hydrogen (secondary N) is 1. The van der Waals surface area contributed by atoms with Gasteiger partial charge in [-0.2, -0.15) is 0 Å². The number of ether oxygens (including phenoxy) is 1. The summed E-state index contributed by atoms with van der Waals surface area (Å²) in [5.41, 5.74) is 0.304. The molecule has 2 N–H and O–H groups in total. The Balaban J connectivity index is 1.94. The van der Waals surface area contributed by atoms with Crippen molar-refractivity contribution >= 4 is 11.8 Å². The van der Waals surface area contributed by atoms with Crippen molar-refractivity contribution in [2.45, 2.75) is 5.16 Å². The molecule has 0 aliphatic heterocycles. The third-order valence-corrected chi connectivity index (χ3v) is 3.11. The van der Waals surface area contributed by atoms with Crippen LogP contribution < -0.4 is 0 Å². The highest BCUT2D eigenvalue weighted by atomic mass is 32.2. The minimum Gasteiger partial charge on any atom is -0.394 e. The van der Waals surface area contributed by atoms with Gasteiger partial charge in [-0.3, -0.25) is 5.10 Å². The number of aromatic amines is 1. The average Bonchev–Trinajstić information content (AvgIpc) is 2.86. The van der Waals surface area contributed by atoms with Crippen LogP contribution in [0.2, 0.25) is 0 Å². The third kappa shape index (κ3) is 4.26. The van der Waals surface area contributed by atoms with Crippen LogP contribution in [-0.2, 0) is 4.74 Å². The first-order valence-electron chi connectivity index (χ1n) is 5.89. The number of hydrogen-bond donors (Lipinski definition) is 2. The average molecular weight is 301 g/mol. The highest BCUT2D eigenvalue weighted by Gasteiger charge is 2.09. The molecule has 0 saturated heterocycles. The van der Waals surface area contributed by atoms with Gasteiger partial charge in [-0.25, -0.2) is 13.8 Å². The Kier molecular flexibility index (Phi) is 5.45. The van der Waals surface area contributed by atoms with E-state index >= 15 is 0 Å². The lowest BCUT2D eigenvalue weighted by molar-refractivity contribution is 0.103. The second-order valence-electron chi connectivity index (χ2n) is 3.81. The van der Waals surface area contributed by atoms with Crippen LogP contribution in [0.4, 0.5) is 8.78 Å². The van der Waals surface area contributed by atoms with Crippen LogP contribution in [-0.4, -0.2) is 45.9 Å². The second kappa shape index (κ2) is 7.32. The molecule has 0 atom stereocenters. The van der Waals surface area contributed by atoms with Gasteiger partial charge in [0.1, 0.15) is 11.6 Å². The lowest BCUT2D eigenvalue weighted by Crippen LogP contribution is -2.02. The van der Waals surface area contributed by atoms with E-state index in [1.165, 1.54) is 23.9 Å². The van der Waals surface area contributed by atoms with Crippen molar-refractivity contribution in [2.75, 3.05) is 25.6 Å². The Bertz CT molecular complexity index is 545. The maximum absolute atomic E-state index is 13.1. The maximum Gasteiger partial charge on any atom is 0.208 e. The van der Waals surface area contributed by atoms with Gasteiger partial charge in [-0.15, -0.1) is 5.10 Å². The molecule has 108 valence electrons. The van der Waals surface area contributed by atoms with E-state index in [1.807, 2.05) is 0 Å². The van der Waals surface area contributed by atoms with Crippen LogP contribution in [0.5, 0.6) is 0 Å². The topological polar surface area (TPSA) is 71.0 Å². The van der Waals surface area contributed by atoms with Gasteiger partial charge in [-0.05, 0) is 12.1 Å². The number of rotatable bonds is 7. The summed E-state index contributed by atoms with van der Waals surface area (Å²) in [7, 11) is 0. The van der Waals surface area contributed by atoms with Crippen molar-refractivity contribution in [3.63, 3.8) is 0 Å². The van der Waals surface area contributed by atoms with E-state index in [-0.39, 0.29) is 6.61 Å². The van der Waals surface area contributed by atoms with E-state index in [0.717, 1.165) is 6.07 Å². The first kappa shape index (κ1) is 14.9. The molecule has 0 aliphatic rings. The van der Waals surface area contributed by atoms with Crippen molar-refractivity contribution < 1.29 is 18.6 Å². The van der Waals surface area contributed by atoms with Gasteiger partial charge in [0.25, 0.3) is 0 Å². The minimum absolute atomic E-state index is 0.0133. The zero-order valence-corrected chi connectivity index (χ0v) is 11.3. The number of H-pyrrole nitrogens is 1. The highest BCUT2D eigenvalue weighted by molar-refractivity contribution is 7.99. The first-order chi connectivity index (χ1) is 9.69. The minimum atomic E-state index is -0.664. The number of aliphatic hydroxyl groups excluding tert-OH is 1. The molecule has 0 spiro atoms. The summed E-state index contributed by atoms with van der Waals surface area (Å²) in [6, 6.07) is 3.17. The molecule has 1 heterocycles. The van der Waals surface area contributed by atoms with Crippen molar-refractivity contribution in [1.29, 1.82) is 0 Å². The molecule has 8 heteroatoms. The largest absolute Gasteiger partial charge is 0.394 e. The molecular formula is C12H13F2N3O2S. The maximum atomic E-state index is 13.1. The molecule has 0 amide bonds.